The Kier molecular flexibility index (Phi) is 6.22. The molecule has 0 bridgehead atoms. The van der Waals surface area contributed by atoms with Crippen molar-refractivity contribution >= 4 is 5.91 Å². The molecule has 1 N–H and O–H groups in total. The van der Waals surface area contributed by atoms with E-state index in [4.69, 9.17) is 10.4 Å². The normalized spacial score (nSPS) is 10.9. The number of hydrogen-bond acceptors (Lipinski definition) is 4. The molecule has 0 aliphatic rings. The molecular formula is C15H17N3O2. The van der Waals surface area contributed by atoms with Gasteiger partial charge in [0.05, 0.1) is 23.1 Å². The van der Waals surface area contributed by atoms with Gasteiger partial charge in [0.15, 0.2) is 0 Å². The van der Waals surface area contributed by atoms with Crippen LogP contribution in [0.3, 0.4) is 0 Å². The largest absolute Gasteiger partial charge is 0.384 e. The Morgan fingerprint density at radius 3 is 2.95 bits per heavy atom. The maximum absolute atomic E-state index is 12.5. The molecule has 104 valence electrons. The Morgan fingerprint density at radius 2 is 2.35 bits per heavy atom. The van der Waals surface area contributed by atoms with Crippen LogP contribution in [0.2, 0.25) is 0 Å². The molecule has 0 aliphatic carbocycles. The van der Waals surface area contributed by atoms with Crippen LogP contribution in [0, 0.1) is 29.1 Å². The lowest BCUT2D eigenvalue weighted by molar-refractivity contribution is 0.0752. The van der Waals surface area contributed by atoms with Gasteiger partial charge in [0.25, 0.3) is 5.91 Å². The van der Waals surface area contributed by atoms with Gasteiger partial charge in [0, 0.05) is 25.5 Å². The highest BCUT2D eigenvalue weighted by molar-refractivity contribution is 5.96. The summed E-state index contributed by atoms with van der Waals surface area (Å²) in [6.45, 7) is 4.25. The zero-order chi connectivity index (χ0) is 15.0. The number of carbonyl (C=O) groups excluding carboxylic acids is 1. The number of nitrogens with zero attached hydrogens (tertiary/aromatic N) is 3. The number of rotatable bonds is 4. The van der Waals surface area contributed by atoms with Crippen molar-refractivity contribution in [2.24, 2.45) is 5.92 Å². The quantitative estimate of drug-likeness (QED) is 0.830. The molecule has 0 fully saturated rings. The topological polar surface area (TPSA) is 77.2 Å². The van der Waals surface area contributed by atoms with E-state index in [1.54, 1.807) is 17.9 Å². The molecule has 5 nitrogen and oxygen atoms in total. The highest BCUT2D eigenvalue weighted by Gasteiger charge is 2.18. The van der Waals surface area contributed by atoms with Gasteiger partial charge in [-0.1, -0.05) is 11.8 Å². The Hall–Kier alpha value is -2.37. The van der Waals surface area contributed by atoms with Crippen LogP contribution in [0.5, 0.6) is 0 Å². The van der Waals surface area contributed by atoms with Gasteiger partial charge in [-0.2, -0.15) is 5.26 Å². The molecule has 0 radical (unpaired) electrons. The summed E-state index contributed by atoms with van der Waals surface area (Å²) in [5, 5.41) is 17.6. The second-order valence-corrected chi connectivity index (χ2v) is 4.26. The average Bonchev–Trinajstić information content (AvgIpc) is 2.49. The maximum atomic E-state index is 12.5. The number of pyridine rings is 1. The molecule has 0 aliphatic heterocycles. The predicted molar refractivity (Wildman–Crippen MR) is 74.6 cm³/mol. The van der Waals surface area contributed by atoms with Crippen LogP contribution in [0.4, 0.5) is 0 Å². The summed E-state index contributed by atoms with van der Waals surface area (Å²) in [5.41, 5.74) is 0.919. The molecule has 0 saturated heterocycles. The highest BCUT2D eigenvalue weighted by Crippen LogP contribution is 2.11. The summed E-state index contributed by atoms with van der Waals surface area (Å²) >= 11 is 0. The Labute approximate surface area is 118 Å². The fourth-order valence-corrected chi connectivity index (χ4v) is 1.71. The van der Waals surface area contributed by atoms with E-state index in [1.807, 2.05) is 6.92 Å². The molecule has 5 heteroatoms. The van der Waals surface area contributed by atoms with Gasteiger partial charge >= 0.3 is 0 Å². The second-order valence-electron chi connectivity index (χ2n) is 4.26. The van der Waals surface area contributed by atoms with Gasteiger partial charge < -0.3 is 10.0 Å². The van der Waals surface area contributed by atoms with Crippen molar-refractivity contribution in [2.75, 3.05) is 19.7 Å². The first-order chi connectivity index (χ1) is 9.63. The zero-order valence-electron chi connectivity index (χ0n) is 11.6. The van der Waals surface area contributed by atoms with Gasteiger partial charge in [0.1, 0.15) is 6.61 Å². The van der Waals surface area contributed by atoms with Gasteiger partial charge in [-0.15, -0.1) is 0 Å². The lowest BCUT2D eigenvalue weighted by atomic mass is 10.1. The highest BCUT2D eigenvalue weighted by atomic mass is 16.2. The Bertz CT molecular complexity index is 566. The summed E-state index contributed by atoms with van der Waals surface area (Å²) < 4.78 is 0. The van der Waals surface area contributed by atoms with Gasteiger partial charge in [-0.05, 0) is 19.9 Å². The Morgan fingerprint density at radius 1 is 1.60 bits per heavy atom. The summed E-state index contributed by atoms with van der Waals surface area (Å²) in [6.07, 6.45) is 3.02. The second kappa shape index (κ2) is 7.93. The first-order valence-electron chi connectivity index (χ1n) is 6.36. The maximum Gasteiger partial charge on any atom is 0.255 e. The number of nitriles is 1. The van der Waals surface area contributed by atoms with Crippen molar-refractivity contribution in [3.8, 4) is 17.9 Å². The Balaban J connectivity index is 3.04. The summed E-state index contributed by atoms with van der Waals surface area (Å²) in [6, 6.07) is 3.72. The third-order valence-corrected chi connectivity index (χ3v) is 2.74. The van der Waals surface area contributed by atoms with Gasteiger partial charge in [-0.25, -0.2) is 0 Å². The van der Waals surface area contributed by atoms with Crippen LogP contribution in [0.15, 0.2) is 18.5 Å². The number of aliphatic hydroxyl groups is 1. The minimum atomic E-state index is -0.272. The summed E-state index contributed by atoms with van der Waals surface area (Å²) in [7, 11) is 0. The summed E-state index contributed by atoms with van der Waals surface area (Å²) in [5.74, 6) is 4.82. The number of amides is 1. The molecule has 1 atom stereocenters. The number of carbonyl (C=O) groups is 1. The predicted octanol–water partition coefficient (Wildman–Crippen LogP) is 1.05. The molecule has 20 heavy (non-hydrogen) atoms. The van der Waals surface area contributed by atoms with E-state index >= 15 is 0 Å². The lowest BCUT2D eigenvalue weighted by Crippen LogP contribution is -2.34. The van der Waals surface area contributed by atoms with E-state index in [2.05, 4.69) is 22.9 Å². The zero-order valence-corrected chi connectivity index (χ0v) is 11.6. The van der Waals surface area contributed by atoms with E-state index in [9.17, 15) is 4.79 Å². The fourth-order valence-electron chi connectivity index (χ4n) is 1.71. The van der Waals surface area contributed by atoms with Gasteiger partial charge in [0.2, 0.25) is 0 Å². The van der Waals surface area contributed by atoms with Crippen LogP contribution < -0.4 is 0 Å². The fraction of sp³-hybridized carbons (Fsp3) is 0.400. The van der Waals surface area contributed by atoms with Crippen molar-refractivity contribution in [1.29, 1.82) is 5.26 Å². The van der Waals surface area contributed by atoms with Crippen molar-refractivity contribution in [3.05, 3.63) is 29.6 Å². The monoisotopic (exact) mass is 271 g/mol. The molecule has 1 unspecified atom stereocenters. The van der Waals surface area contributed by atoms with Crippen LogP contribution in [-0.4, -0.2) is 40.6 Å². The molecular weight excluding hydrogens is 254 g/mol. The number of aromatic nitrogens is 1. The summed E-state index contributed by atoms with van der Waals surface area (Å²) in [4.78, 5) is 18.0. The average molecular weight is 271 g/mol. The lowest BCUT2D eigenvalue weighted by Gasteiger charge is -2.22. The number of aliphatic hydroxyl groups excluding tert-OH is 1. The molecule has 1 heterocycles. The van der Waals surface area contributed by atoms with E-state index in [0.29, 0.717) is 24.2 Å². The molecule has 1 aromatic heterocycles. The standard InChI is InChI=1S/C15H17N3O2/c1-3-18(11-12(2)9-16)15(20)14-6-7-17-10-13(14)5-4-8-19/h6-7,10,12,19H,3,8,11H2,1-2H3. The van der Waals surface area contributed by atoms with E-state index in [0.717, 1.165) is 0 Å². The van der Waals surface area contributed by atoms with Gasteiger partial charge in [-0.3, -0.25) is 9.78 Å². The minimum absolute atomic E-state index is 0.181. The van der Waals surface area contributed by atoms with Crippen molar-refractivity contribution in [3.63, 3.8) is 0 Å². The molecule has 0 aromatic carbocycles. The third-order valence-electron chi connectivity index (χ3n) is 2.74. The van der Waals surface area contributed by atoms with Crippen molar-refractivity contribution < 1.29 is 9.90 Å². The molecule has 0 saturated carbocycles. The molecule has 1 amide bonds. The van der Waals surface area contributed by atoms with E-state index < -0.39 is 0 Å². The minimum Gasteiger partial charge on any atom is -0.384 e. The smallest absolute Gasteiger partial charge is 0.255 e. The molecule has 1 aromatic rings. The van der Waals surface area contributed by atoms with Crippen LogP contribution in [0.25, 0.3) is 0 Å². The van der Waals surface area contributed by atoms with E-state index in [-0.39, 0.29) is 18.4 Å². The van der Waals surface area contributed by atoms with Crippen molar-refractivity contribution in [1.82, 2.24) is 9.88 Å². The first-order valence-corrected chi connectivity index (χ1v) is 6.36. The molecule has 1 rings (SSSR count). The SMILES string of the molecule is CCN(CC(C)C#N)C(=O)c1ccncc1C#CCO. The van der Waals surface area contributed by atoms with Crippen LogP contribution >= 0.6 is 0 Å². The first kappa shape index (κ1) is 15.7. The van der Waals surface area contributed by atoms with Crippen LogP contribution in [-0.2, 0) is 0 Å². The third kappa shape index (κ3) is 4.08. The molecule has 0 spiro atoms. The van der Waals surface area contributed by atoms with Crippen LogP contribution in [0.1, 0.15) is 29.8 Å². The number of hydrogen-bond donors (Lipinski definition) is 1. The van der Waals surface area contributed by atoms with Crippen molar-refractivity contribution in [2.45, 2.75) is 13.8 Å². The van der Waals surface area contributed by atoms with E-state index in [1.165, 1.54) is 12.4 Å².